The van der Waals surface area contributed by atoms with Crippen molar-refractivity contribution in [3.05, 3.63) is 0 Å². The van der Waals surface area contributed by atoms with Crippen molar-refractivity contribution in [2.45, 2.75) is 52.4 Å². The molecule has 2 nitrogen and oxygen atoms in total. The van der Waals surface area contributed by atoms with Gasteiger partial charge in [0.1, 0.15) is 0 Å². The Balaban J connectivity index is 1.74. The van der Waals surface area contributed by atoms with Gasteiger partial charge in [-0.25, -0.2) is 0 Å². The molecule has 2 rings (SSSR count). The summed E-state index contributed by atoms with van der Waals surface area (Å²) in [6.45, 7) is 9.67. The molecule has 0 spiro atoms. The molecule has 94 valence electrons. The lowest BCUT2D eigenvalue weighted by Crippen LogP contribution is -2.39. The Bertz CT molecular complexity index is 213. The van der Waals surface area contributed by atoms with E-state index in [9.17, 15) is 0 Å². The largest absolute Gasteiger partial charge is 0.316 e. The van der Waals surface area contributed by atoms with Crippen LogP contribution in [0.4, 0.5) is 0 Å². The van der Waals surface area contributed by atoms with E-state index in [0.717, 1.165) is 0 Å². The molecule has 2 heteroatoms. The van der Waals surface area contributed by atoms with E-state index in [-0.39, 0.29) is 0 Å². The third-order valence-corrected chi connectivity index (χ3v) is 4.94. The van der Waals surface area contributed by atoms with Gasteiger partial charge in [-0.3, -0.25) is 0 Å². The summed E-state index contributed by atoms with van der Waals surface area (Å²) in [5.74, 6) is 0. The van der Waals surface area contributed by atoms with Crippen LogP contribution >= 0.6 is 0 Å². The molecule has 16 heavy (non-hydrogen) atoms. The SMILES string of the molecule is CCC1(CNCC2(C)CCCC2)CCNC1. The van der Waals surface area contributed by atoms with E-state index in [1.807, 2.05) is 0 Å². The van der Waals surface area contributed by atoms with Crippen molar-refractivity contribution in [2.75, 3.05) is 26.2 Å². The first-order valence-corrected chi connectivity index (χ1v) is 7.10. The standard InChI is InChI=1S/C14H28N2/c1-3-14(8-9-15-11-14)12-16-10-13(2)6-4-5-7-13/h15-16H,3-12H2,1-2H3. The van der Waals surface area contributed by atoms with Crippen molar-refractivity contribution in [1.29, 1.82) is 0 Å². The Morgan fingerprint density at radius 2 is 1.88 bits per heavy atom. The molecule has 0 aromatic carbocycles. The first-order chi connectivity index (χ1) is 7.68. The average Bonchev–Trinajstić information content (AvgIpc) is 2.89. The Labute approximate surface area is 101 Å². The highest BCUT2D eigenvalue weighted by Gasteiger charge is 2.33. The van der Waals surface area contributed by atoms with Crippen LogP contribution in [0.15, 0.2) is 0 Å². The third-order valence-electron chi connectivity index (χ3n) is 4.94. The highest BCUT2D eigenvalue weighted by Crippen LogP contribution is 2.37. The first kappa shape index (κ1) is 12.4. The molecular formula is C14H28N2. The van der Waals surface area contributed by atoms with E-state index in [2.05, 4.69) is 24.5 Å². The van der Waals surface area contributed by atoms with Crippen molar-refractivity contribution >= 4 is 0 Å². The maximum atomic E-state index is 3.76. The van der Waals surface area contributed by atoms with Crippen LogP contribution in [0.5, 0.6) is 0 Å². The number of hydrogen-bond donors (Lipinski definition) is 2. The van der Waals surface area contributed by atoms with Gasteiger partial charge in [0.15, 0.2) is 0 Å². The van der Waals surface area contributed by atoms with E-state index in [0.29, 0.717) is 10.8 Å². The molecule has 1 aliphatic carbocycles. The van der Waals surface area contributed by atoms with Crippen LogP contribution in [-0.2, 0) is 0 Å². The quantitative estimate of drug-likeness (QED) is 0.750. The van der Waals surface area contributed by atoms with Gasteiger partial charge in [0, 0.05) is 19.6 Å². The van der Waals surface area contributed by atoms with Crippen molar-refractivity contribution < 1.29 is 0 Å². The zero-order valence-corrected chi connectivity index (χ0v) is 11.1. The van der Waals surface area contributed by atoms with Gasteiger partial charge in [-0.2, -0.15) is 0 Å². The second-order valence-electron chi connectivity index (χ2n) is 6.40. The molecule has 0 aromatic heterocycles. The predicted octanol–water partition coefficient (Wildman–Crippen LogP) is 2.55. The smallest absolute Gasteiger partial charge is 0.00206 e. The molecule has 1 unspecified atom stereocenters. The van der Waals surface area contributed by atoms with Gasteiger partial charge in [0.05, 0.1) is 0 Å². The minimum Gasteiger partial charge on any atom is -0.316 e. The predicted molar refractivity (Wildman–Crippen MR) is 69.7 cm³/mol. The normalized spacial score (nSPS) is 33.4. The van der Waals surface area contributed by atoms with Gasteiger partial charge in [0.25, 0.3) is 0 Å². The molecule has 1 saturated carbocycles. The van der Waals surface area contributed by atoms with Crippen molar-refractivity contribution in [2.24, 2.45) is 10.8 Å². The van der Waals surface area contributed by atoms with E-state index in [4.69, 9.17) is 0 Å². The highest BCUT2D eigenvalue weighted by atomic mass is 15.0. The van der Waals surface area contributed by atoms with Gasteiger partial charge in [-0.05, 0) is 43.1 Å². The molecule has 2 N–H and O–H groups in total. The minimum absolute atomic E-state index is 0.551. The van der Waals surface area contributed by atoms with Gasteiger partial charge < -0.3 is 10.6 Å². The van der Waals surface area contributed by atoms with Gasteiger partial charge >= 0.3 is 0 Å². The van der Waals surface area contributed by atoms with E-state index in [1.165, 1.54) is 64.7 Å². The highest BCUT2D eigenvalue weighted by molar-refractivity contribution is 4.90. The summed E-state index contributed by atoms with van der Waals surface area (Å²) in [7, 11) is 0. The van der Waals surface area contributed by atoms with Crippen LogP contribution in [0.25, 0.3) is 0 Å². The Hall–Kier alpha value is -0.0800. The number of hydrogen-bond acceptors (Lipinski definition) is 2. The van der Waals surface area contributed by atoms with Crippen molar-refractivity contribution in [3.8, 4) is 0 Å². The molecule has 2 fully saturated rings. The number of nitrogens with one attached hydrogen (secondary N) is 2. The summed E-state index contributed by atoms with van der Waals surface area (Å²) in [5, 5.41) is 7.27. The Kier molecular flexibility index (Phi) is 3.91. The van der Waals surface area contributed by atoms with Crippen LogP contribution in [0.2, 0.25) is 0 Å². The molecule has 2 aliphatic rings. The zero-order chi connectivity index (χ0) is 11.5. The fourth-order valence-electron chi connectivity index (χ4n) is 3.41. The third kappa shape index (κ3) is 2.78. The topological polar surface area (TPSA) is 24.1 Å². The van der Waals surface area contributed by atoms with Crippen LogP contribution < -0.4 is 10.6 Å². The second kappa shape index (κ2) is 5.05. The van der Waals surface area contributed by atoms with Gasteiger partial charge in [0.2, 0.25) is 0 Å². The Morgan fingerprint density at radius 3 is 2.44 bits per heavy atom. The lowest BCUT2D eigenvalue weighted by molar-refractivity contribution is 0.251. The van der Waals surface area contributed by atoms with Crippen molar-refractivity contribution in [1.82, 2.24) is 10.6 Å². The molecule has 0 bridgehead atoms. The maximum absolute atomic E-state index is 3.76. The van der Waals surface area contributed by atoms with E-state index in [1.54, 1.807) is 0 Å². The molecule has 0 radical (unpaired) electrons. The molecular weight excluding hydrogens is 196 g/mol. The monoisotopic (exact) mass is 224 g/mol. The summed E-state index contributed by atoms with van der Waals surface area (Å²) < 4.78 is 0. The van der Waals surface area contributed by atoms with E-state index >= 15 is 0 Å². The first-order valence-electron chi connectivity index (χ1n) is 7.10. The van der Waals surface area contributed by atoms with Crippen LogP contribution in [-0.4, -0.2) is 26.2 Å². The molecule has 1 atom stereocenters. The zero-order valence-electron chi connectivity index (χ0n) is 11.1. The second-order valence-corrected chi connectivity index (χ2v) is 6.40. The van der Waals surface area contributed by atoms with E-state index < -0.39 is 0 Å². The summed E-state index contributed by atoms with van der Waals surface area (Å²) in [5.41, 5.74) is 1.15. The van der Waals surface area contributed by atoms with Gasteiger partial charge in [-0.15, -0.1) is 0 Å². The summed E-state index contributed by atoms with van der Waals surface area (Å²) in [6, 6.07) is 0. The van der Waals surface area contributed by atoms with Crippen LogP contribution in [0.1, 0.15) is 52.4 Å². The summed E-state index contributed by atoms with van der Waals surface area (Å²) in [6.07, 6.45) is 8.41. The summed E-state index contributed by atoms with van der Waals surface area (Å²) in [4.78, 5) is 0. The maximum Gasteiger partial charge on any atom is 0.00206 e. The molecule has 1 heterocycles. The molecule has 0 amide bonds. The average molecular weight is 224 g/mol. The fraction of sp³-hybridized carbons (Fsp3) is 1.00. The minimum atomic E-state index is 0.551. The molecule has 1 saturated heterocycles. The molecule has 0 aromatic rings. The van der Waals surface area contributed by atoms with Crippen molar-refractivity contribution in [3.63, 3.8) is 0 Å². The van der Waals surface area contributed by atoms with Crippen LogP contribution in [0, 0.1) is 10.8 Å². The fourth-order valence-corrected chi connectivity index (χ4v) is 3.41. The lowest BCUT2D eigenvalue weighted by atomic mass is 9.83. The lowest BCUT2D eigenvalue weighted by Gasteiger charge is -2.30. The summed E-state index contributed by atoms with van der Waals surface area (Å²) >= 11 is 0. The van der Waals surface area contributed by atoms with Crippen LogP contribution in [0.3, 0.4) is 0 Å². The van der Waals surface area contributed by atoms with Gasteiger partial charge in [-0.1, -0.05) is 26.7 Å². The Morgan fingerprint density at radius 1 is 1.12 bits per heavy atom. The molecule has 1 aliphatic heterocycles. The number of rotatable bonds is 5.